The Kier molecular flexibility index (Phi) is 12.9. The number of rotatable bonds is 4. The molecule has 0 bridgehead atoms. The Morgan fingerprint density at radius 3 is 2.18 bits per heavy atom. The van der Waals surface area contributed by atoms with Crippen molar-refractivity contribution in [3.63, 3.8) is 0 Å². The van der Waals surface area contributed by atoms with Gasteiger partial charge in [0.1, 0.15) is 18.3 Å². The summed E-state index contributed by atoms with van der Waals surface area (Å²) in [5.41, 5.74) is 6.90. The fourth-order valence-corrected chi connectivity index (χ4v) is 1.30. The van der Waals surface area contributed by atoms with Crippen LogP contribution in [0.3, 0.4) is 0 Å². The Labute approximate surface area is 133 Å². The van der Waals surface area contributed by atoms with Crippen molar-refractivity contribution in [2.75, 3.05) is 7.05 Å². The van der Waals surface area contributed by atoms with E-state index in [9.17, 15) is 5.11 Å². The first kappa shape index (κ1) is 22.3. The second-order valence-corrected chi connectivity index (χ2v) is 5.52. The van der Waals surface area contributed by atoms with Gasteiger partial charge < -0.3 is 26.1 Å². The molecule has 0 fully saturated rings. The third-order valence-corrected chi connectivity index (χ3v) is 2.48. The highest BCUT2D eigenvalue weighted by atomic mass is 16.3. The molecule has 0 aliphatic heterocycles. The number of hydrogen-bond donors (Lipinski definition) is 4. The Hall–Kier alpha value is -2.01. The van der Waals surface area contributed by atoms with Gasteiger partial charge in [0.05, 0.1) is 0 Å². The fourth-order valence-electron chi connectivity index (χ4n) is 1.30. The van der Waals surface area contributed by atoms with Crippen LogP contribution in [-0.4, -0.2) is 30.1 Å². The quantitative estimate of drug-likeness (QED) is 0.686. The highest BCUT2D eigenvalue weighted by Gasteiger charge is 2.05. The molecule has 0 aliphatic carbocycles. The molecule has 0 saturated carbocycles. The molecule has 0 aromatic heterocycles. The molecular weight excluding hydrogens is 280 g/mol. The zero-order valence-corrected chi connectivity index (χ0v) is 14.3. The lowest BCUT2D eigenvalue weighted by atomic mass is 10.1. The minimum absolute atomic E-state index is 0.00846. The molecule has 5 nitrogen and oxygen atoms in total. The standard InChI is InChI=1S/C12H18N2O2.C4H10.CH2O/c1-8(14-2)3-6-11(13)10-5-4-9(15)7-12(10)16;1-4(2)3;1-2/h4-8,14-16H,3,13H2,1-2H3;4H,1-3H3;1H2/b11-6-;;. The molecule has 22 heavy (non-hydrogen) atoms. The van der Waals surface area contributed by atoms with E-state index >= 15 is 0 Å². The summed E-state index contributed by atoms with van der Waals surface area (Å²) in [6, 6.07) is 4.70. The van der Waals surface area contributed by atoms with Crippen LogP contribution in [0.25, 0.3) is 5.70 Å². The lowest BCUT2D eigenvalue weighted by molar-refractivity contribution is -0.0979. The maximum absolute atomic E-state index is 9.59. The van der Waals surface area contributed by atoms with E-state index in [1.54, 1.807) is 6.07 Å². The number of nitrogens with one attached hydrogen (secondary N) is 1. The number of phenolic OH excluding ortho intramolecular Hbond substituents is 2. The number of carbonyl (C=O) groups is 1. The van der Waals surface area contributed by atoms with Crippen molar-refractivity contribution in [2.45, 2.75) is 40.2 Å². The summed E-state index contributed by atoms with van der Waals surface area (Å²) < 4.78 is 0. The molecular formula is C17H30N2O3. The summed E-state index contributed by atoms with van der Waals surface area (Å²) in [5, 5.41) is 21.8. The maximum Gasteiger partial charge on any atom is 0.128 e. The normalized spacial score (nSPS) is 11.8. The van der Waals surface area contributed by atoms with Crippen LogP contribution in [-0.2, 0) is 4.79 Å². The van der Waals surface area contributed by atoms with Gasteiger partial charge in [-0.1, -0.05) is 26.8 Å². The Morgan fingerprint density at radius 1 is 1.27 bits per heavy atom. The largest absolute Gasteiger partial charge is 0.508 e. The van der Waals surface area contributed by atoms with Gasteiger partial charge in [-0.2, -0.15) is 0 Å². The zero-order valence-electron chi connectivity index (χ0n) is 14.3. The smallest absolute Gasteiger partial charge is 0.128 e. The number of hydrogen-bond acceptors (Lipinski definition) is 5. The van der Waals surface area contributed by atoms with Crippen LogP contribution in [0.1, 0.15) is 39.7 Å². The fraction of sp³-hybridized carbons (Fsp3) is 0.471. The van der Waals surface area contributed by atoms with Crippen LogP contribution in [0.2, 0.25) is 0 Å². The summed E-state index contributed by atoms with van der Waals surface area (Å²) in [6.07, 6.45) is 2.63. The molecule has 5 N–H and O–H groups in total. The Balaban J connectivity index is 0. The third kappa shape index (κ3) is 10.7. The molecule has 5 heteroatoms. The van der Waals surface area contributed by atoms with Crippen LogP contribution in [0.5, 0.6) is 11.5 Å². The molecule has 0 aliphatic rings. The minimum atomic E-state index is -0.00846. The van der Waals surface area contributed by atoms with Gasteiger partial charge in [-0.05, 0) is 38.4 Å². The van der Waals surface area contributed by atoms with Crippen LogP contribution in [0, 0.1) is 5.92 Å². The molecule has 0 radical (unpaired) electrons. The van der Waals surface area contributed by atoms with Gasteiger partial charge in [-0.25, -0.2) is 0 Å². The van der Waals surface area contributed by atoms with E-state index in [0.29, 0.717) is 17.3 Å². The highest BCUT2D eigenvalue weighted by molar-refractivity contribution is 5.68. The molecule has 0 saturated heterocycles. The van der Waals surface area contributed by atoms with Gasteiger partial charge in [-0.3, -0.25) is 0 Å². The number of benzene rings is 1. The molecule has 1 atom stereocenters. The van der Waals surface area contributed by atoms with Crippen molar-refractivity contribution in [2.24, 2.45) is 11.7 Å². The average molecular weight is 310 g/mol. The predicted molar refractivity (Wildman–Crippen MR) is 92.7 cm³/mol. The van der Waals surface area contributed by atoms with Gasteiger partial charge in [0.25, 0.3) is 0 Å². The van der Waals surface area contributed by atoms with Gasteiger partial charge in [0.2, 0.25) is 0 Å². The average Bonchev–Trinajstić information content (AvgIpc) is 2.46. The summed E-state index contributed by atoms with van der Waals surface area (Å²) >= 11 is 0. The number of aromatic hydroxyl groups is 2. The van der Waals surface area contributed by atoms with Crippen LogP contribution in [0.4, 0.5) is 0 Å². The molecule has 0 spiro atoms. The van der Waals surface area contributed by atoms with Crippen molar-refractivity contribution >= 4 is 12.5 Å². The minimum Gasteiger partial charge on any atom is -0.508 e. The van der Waals surface area contributed by atoms with E-state index in [0.717, 1.165) is 12.3 Å². The van der Waals surface area contributed by atoms with Crippen LogP contribution < -0.4 is 11.1 Å². The van der Waals surface area contributed by atoms with E-state index < -0.39 is 0 Å². The van der Waals surface area contributed by atoms with Gasteiger partial charge in [0.15, 0.2) is 0 Å². The summed E-state index contributed by atoms with van der Waals surface area (Å²) in [4.78, 5) is 8.00. The summed E-state index contributed by atoms with van der Waals surface area (Å²) in [7, 11) is 1.88. The summed E-state index contributed by atoms with van der Waals surface area (Å²) in [5.74, 6) is 0.850. The second-order valence-electron chi connectivity index (χ2n) is 5.52. The molecule has 1 unspecified atom stereocenters. The number of phenols is 2. The van der Waals surface area contributed by atoms with Crippen molar-refractivity contribution in [3.8, 4) is 11.5 Å². The van der Waals surface area contributed by atoms with E-state index in [4.69, 9.17) is 15.6 Å². The van der Waals surface area contributed by atoms with Crippen molar-refractivity contribution in [3.05, 3.63) is 29.8 Å². The lowest BCUT2D eigenvalue weighted by Crippen LogP contribution is -2.20. The molecule has 0 amide bonds. The first-order chi connectivity index (χ1) is 10.3. The SMILES string of the molecule is C=O.CC(C)C.CNC(C)C/C=C(\N)c1ccc(O)cc1O. The first-order valence-electron chi connectivity index (χ1n) is 7.22. The van der Waals surface area contributed by atoms with Gasteiger partial charge in [0, 0.05) is 23.4 Å². The van der Waals surface area contributed by atoms with Crippen LogP contribution >= 0.6 is 0 Å². The molecule has 1 rings (SSSR count). The monoisotopic (exact) mass is 310 g/mol. The maximum atomic E-state index is 9.59. The van der Waals surface area contributed by atoms with Gasteiger partial charge in [-0.15, -0.1) is 0 Å². The highest BCUT2D eigenvalue weighted by Crippen LogP contribution is 2.26. The van der Waals surface area contributed by atoms with E-state index in [1.165, 1.54) is 12.1 Å². The number of carbonyl (C=O) groups excluding carboxylic acids is 1. The van der Waals surface area contributed by atoms with Crippen molar-refractivity contribution in [1.82, 2.24) is 5.32 Å². The number of nitrogens with two attached hydrogens (primary N) is 1. The van der Waals surface area contributed by atoms with E-state index in [2.05, 4.69) is 26.1 Å². The molecule has 0 heterocycles. The van der Waals surface area contributed by atoms with E-state index in [1.807, 2.05) is 26.8 Å². The molecule has 126 valence electrons. The van der Waals surface area contributed by atoms with Crippen molar-refractivity contribution < 1.29 is 15.0 Å². The lowest BCUT2D eigenvalue weighted by Gasteiger charge is -2.09. The Morgan fingerprint density at radius 2 is 1.77 bits per heavy atom. The first-order valence-corrected chi connectivity index (χ1v) is 7.22. The Bertz CT molecular complexity index is 443. The second kappa shape index (κ2) is 12.7. The topological polar surface area (TPSA) is 95.6 Å². The third-order valence-electron chi connectivity index (χ3n) is 2.48. The summed E-state index contributed by atoms with van der Waals surface area (Å²) in [6.45, 7) is 10.5. The zero-order chi connectivity index (χ0) is 17.7. The predicted octanol–water partition coefficient (Wildman–Crippen LogP) is 2.87. The van der Waals surface area contributed by atoms with Crippen LogP contribution in [0.15, 0.2) is 24.3 Å². The van der Waals surface area contributed by atoms with Gasteiger partial charge >= 0.3 is 0 Å². The van der Waals surface area contributed by atoms with E-state index in [-0.39, 0.29) is 11.5 Å². The molecule has 1 aromatic carbocycles. The molecule has 1 aromatic rings. The van der Waals surface area contributed by atoms with Crippen molar-refractivity contribution in [1.29, 1.82) is 0 Å².